The van der Waals surface area contributed by atoms with Crippen molar-refractivity contribution in [1.82, 2.24) is 5.32 Å². The van der Waals surface area contributed by atoms with Crippen molar-refractivity contribution in [2.45, 2.75) is 44.1 Å². The first-order valence-electron chi connectivity index (χ1n) is 6.83. The van der Waals surface area contributed by atoms with Gasteiger partial charge >= 0.3 is 0 Å². The molecule has 3 rings (SSSR count). The van der Waals surface area contributed by atoms with Crippen LogP contribution < -0.4 is 11.1 Å². The average molecular weight is 230 g/mol. The van der Waals surface area contributed by atoms with Gasteiger partial charge in [-0.15, -0.1) is 0 Å². The van der Waals surface area contributed by atoms with Crippen molar-refractivity contribution < 1.29 is 0 Å². The molecule has 2 aliphatic rings. The van der Waals surface area contributed by atoms with E-state index >= 15 is 0 Å². The van der Waals surface area contributed by atoms with Gasteiger partial charge in [0.05, 0.1) is 0 Å². The minimum absolute atomic E-state index is 0.425. The first-order chi connectivity index (χ1) is 8.23. The molecule has 0 saturated heterocycles. The fraction of sp³-hybridized carbons (Fsp3) is 0.600. The van der Waals surface area contributed by atoms with Gasteiger partial charge in [-0.2, -0.15) is 0 Å². The molecule has 0 radical (unpaired) electrons. The summed E-state index contributed by atoms with van der Waals surface area (Å²) < 4.78 is 0. The van der Waals surface area contributed by atoms with Gasteiger partial charge in [-0.25, -0.2) is 0 Å². The first-order valence-corrected chi connectivity index (χ1v) is 6.83. The standard InChI is InChI=1S/C15H22N2/c1-2-11-9-14(11)17-10-15(7-8-15)12-3-5-13(16)6-4-12/h3-6,11,14,17H,2,7-10,16H2,1H3. The molecule has 2 heteroatoms. The van der Waals surface area contributed by atoms with Gasteiger partial charge in [0.1, 0.15) is 0 Å². The largest absolute Gasteiger partial charge is 0.399 e. The highest BCUT2D eigenvalue weighted by atomic mass is 15.0. The second-order valence-electron chi connectivity index (χ2n) is 5.79. The van der Waals surface area contributed by atoms with Crippen LogP contribution in [0.15, 0.2) is 24.3 Å². The maximum atomic E-state index is 5.74. The molecule has 3 N–H and O–H groups in total. The fourth-order valence-corrected chi connectivity index (χ4v) is 2.83. The lowest BCUT2D eigenvalue weighted by Crippen LogP contribution is -2.29. The number of hydrogen-bond donors (Lipinski definition) is 2. The monoisotopic (exact) mass is 230 g/mol. The average Bonchev–Trinajstić information content (AvgIpc) is 3.23. The van der Waals surface area contributed by atoms with E-state index in [2.05, 4.69) is 24.4 Å². The zero-order valence-electron chi connectivity index (χ0n) is 10.6. The highest BCUT2D eigenvalue weighted by molar-refractivity contribution is 5.43. The molecule has 2 saturated carbocycles. The molecule has 17 heavy (non-hydrogen) atoms. The quantitative estimate of drug-likeness (QED) is 0.763. The molecule has 2 nitrogen and oxygen atoms in total. The molecule has 0 aliphatic heterocycles. The molecular weight excluding hydrogens is 208 g/mol. The molecule has 1 aromatic rings. The highest BCUT2D eigenvalue weighted by Gasteiger charge is 2.46. The fourth-order valence-electron chi connectivity index (χ4n) is 2.83. The Bertz CT molecular complexity index is 392. The molecule has 0 heterocycles. The third-order valence-corrected chi connectivity index (χ3v) is 4.53. The van der Waals surface area contributed by atoms with Gasteiger partial charge in [-0.1, -0.05) is 25.5 Å². The Kier molecular flexibility index (Phi) is 2.62. The van der Waals surface area contributed by atoms with Gasteiger partial charge in [-0.05, 0) is 42.9 Å². The van der Waals surface area contributed by atoms with Gasteiger partial charge in [0.15, 0.2) is 0 Å². The minimum Gasteiger partial charge on any atom is -0.399 e. The van der Waals surface area contributed by atoms with Gasteiger partial charge < -0.3 is 11.1 Å². The number of nitrogen functional groups attached to an aromatic ring is 1. The van der Waals surface area contributed by atoms with E-state index in [1.165, 1.54) is 31.2 Å². The van der Waals surface area contributed by atoms with Crippen LogP contribution in [-0.2, 0) is 5.41 Å². The van der Waals surface area contributed by atoms with Crippen LogP contribution in [0.3, 0.4) is 0 Å². The lowest BCUT2D eigenvalue weighted by atomic mass is 9.95. The van der Waals surface area contributed by atoms with Crippen LogP contribution in [0.1, 0.15) is 38.2 Å². The van der Waals surface area contributed by atoms with E-state index in [4.69, 9.17) is 5.73 Å². The number of nitrogens with two attached hydrogens (primary N) is 1. The summed E-state index contributed by atoms with van der Waals surface area (Å²) in [6, 6.07) is 9.26. The summed E-state index contributed by atoms with van der Waals surface area (Å²) in [5.74, 6) is 0.942. The lowest BCUT2D eigenvalue weighted by molar-refractivity contribution is 0.547. The Labute approximate surface area is 104 Å². The van der Waals surface area contributed by atoms with Crippen LogP contribution in [0, 0.1) is 5.92 Å². The smallest absolute Gasteiger partial charge is 0.0314 e. The van der Waals surface area contributed by atoms with E-state index in [-0.39, 0.29) is 0 Å². The van der Waals surface area contributed by atoms with Crippen LogP contribution in [0.5, 0.6) is 0 Å². The number of anilines is 1. The molecule has 2 fully saturated rings. The van der Waals surface area contributed by atoms with Crippen molar-refractivity contribution in [2.75, 3.05) is 12.3 Å². The molecule has 0 amide bonds. The molecule has 1 aromatic carbocycles. The summed E-state index contributed by atoms with van der Waals surface area (Å²) in [4.78, 5) is 0. The number of rotatable bonds is 5. The maximum absolute atomic E-state index is 5.74. The third kappa shape index (κ3) is 2.19. The van der Waals surface area contributed by atoms with Crippen molar-refractivity contribution in [2.24, 2.45) is 5.92 Å². The Morgan fingerprint density at radius 1 is 1.29 bits per heavy atom. The van der Waals surface area contributed by atoms with E-state index in [9.17, 15) is 0 Å². The van der Waals surface area contributed by atoms with Crippen molar-refractivity contribution in [1.29, 1.82) is 0 Å². The molecule has 0 spiro atoms. The van der Waals surface area contributed by atoms with Gasteiger partial charge in [0.2, 0.25) is 0 Å². The van der Waals surface area contributed by atoms with Crippen molar-refractivity contribution in [3.8, 4) is 0 Å². The molecule has 2 unspecified atom stereocenters. The van der Waals surface area contributed by atoms with E-state index in [1.54, 1.807) is 0 Å². The van der Waals surface area contributed by atoms with Gasteiger partial charge in [0.25, 0.3) is 0 Å². The molecule has 92 valence electrons. The third-order valence-electron chi connectivity index (χ3n) is 4.53. The van der Waals surface area contributed by atoms with Gasteiger partial charge in [-0.3, -0.25) is 0 Å². The number of benzene rings is 1. The van der Waals surface area contributed by atoms with E-state index in [0.717, 1.165) is 24.2 Å². The van der Waals surface area contributed by atoms with Crippen LogP contribution >= 0.6 is 0 Å². The Morgan fingerprint density at radius 3 is 2.53 bits per heavy atom. The lowest BCUT2D eigenvalue weighted by Gasteiger charge is -2.17. The molecule has 2 atom stereocenters. The van der Waals surface area contributed by atoms with E-state index in [1.807, 2.05) is 12.1 Å². The Hall–Kier alpha value is -1.02. The second-order valence-corrected chi connectivity index (χ2v) is 5.79. The highest BCUT2D eigenvalue weighted by Crippen LogP contribution is 2.48. The first kappa shape index (κ1) is 11.1. The topological polar surface area (TPSA) is 38.0 Å². The normalized spacial score (nSPS) is 29.0. The predicted molar refractivity (Wildman–Crippen MR) is 72.0 cm³/mol. The van der Waals surface area contributed by atoms with Crippen molar-refractivity contribution in [3.63, 3.8) is 0 Å². The Morgan fingerprint density at radius 2 is 2.00 bits per heavy atom. The Balaban J connectivity index is 1.60. The summed E-state index contributed by atoms with van der Waals surface area (Å²) in [6.07, 6.45) is 5.36. The number of hydrogen-bond acceptors (Lipinski definition) is 2. The van der Waals surface area contributed by atoms with Crippen molar-refractivity contribution >= 4 is 5.69 Å². The second kappa shape index (κ2) is 4.02. The van der Waals surface area contributed by atoms with Crippen LogP contribution in [0.4, 0.5) is 5.69 Å². The molecule has 2 aliphatic carbocycles. The minimum atomic E-state index is 0.425. The molecular formula is C15H22N2. The van der Waals surface area contributed by atoms with Crippen LogP contribution in [0.2, 0.25) is 0 Å². The van der Waals surface area contributed by atoms with Crippen LogP contribution in [0.25, 0.3) is 0 Å². The zero-order valence-corrected chi connectivity index (χ0v) is 10.6. The summed E-state index contributed by atoms with van der Waals surface area (Å²) in [6.45, 7) is 3.44. The molecule has 0 bridgehead atoms. The maximum Gasteiger partial charge on any atom is 0.0314 e. The SMILES string of the molecule is CCC1CC1NCC1(c2ccc(N)cc2)CC1. The van der Waals surface area contributed by atoms with Crippen LogP contribution in [-0.4, -0.2) is 12.6 Å². The van der Waals surface area contributed by atoms with E-state index in [0.29, 0.717) is 5.41 Å². The predicted octanol–water partition coefficient (Wildman–Crippen LogP) is 2.69. The summed E-state index contributed by atoms with van der Waals surface area (Å²) in [5, 5.41) is 3.74. The molecule has 0 aromatic heterocycles. The van der Waals surface area contributed by atoms with Gasteiger partial charge in [0, 0.05) is 23.7 Å². The summed E-state index contributed by atoms with van der Waals surface area (Å²) in [5.41, 5.74) is 8.50. The van der Waals surface area contributed by atoms with E-state index < -0.39 is 0 Å². The van der Waals surface area contributed by atoms with Crippen molar-refractivity contribution in [3.05, 3.63) is 29.8 Å². The summed E-state index contributed by atoms with van der Waals surface area (Å²) >= 11 is 0. The zero-order chi connectivity index (χ0) is 11.9. The number of nitrogens with one attached hydrogen (secondary N) is 1. The summed E-state index contributed by atoms with van der Waals surface area (Å²) in [7, 11) is 0.